The van der Waals surface area contributed by atoms with Crippen LogP contribution in [0.4, 0.5) is 13.2 Å². The Bertz CT molecular complexity index is 401. The van der Waals surface area contributed by atoms with Crippen molar-refractivity contribution in [2.75, 3.05) is 6.61 Å². The van der Waals surface area contributed by atoms with Crippen LogP contribution >= 0.6 is 0 Å². The number of halogens is 3. The second kappa shape index (κ2) is 5.17. The predicted octanol–water partition coefficient (Wildman–Crippen LogP) is 1.59. The van der Waals surface area contributed by atoms with Gasteiger partial charge in [-0.25, -0.2) is 4.79 Å². The highest BCUT2D eigenvalue weighted by Crippen LogP contribution is 2.19. The number of hydrogen-bond acceptors (Lipinski definition) is 3. The highest BCUT2D eigenvalue weighted by Gasteiger charge is 2.26. The smallest absolute Gasteiger partial charge is 0.391 e. The molecule has 0 atom stereocenters. The van der Waals surface area contributed by atoms with Crippen LogP contribution in [0.5, 0.6) is 0 Å². The third kappa shape index (κ3) is 4.06. The Labute approximate surface area is 94.8 Å². The van der Waals surface area contributed by atoms with Crippen LogP contribution in [0.1, 0.15) is 22.5 Å². The Hall–Kier alpha value is -1.57. The number of carboxylic acids is 1. The molecule has 8 heteroatoms. The number of aromatic carboxylic acids is 1. The molecule has 0 amide bonds. The lowest BCUT2D eigenvalue weighted by Gasteiger charge is -2.08. The number of nitrogens with zero attached hydrogens (tertiary/aromatic N) is 2. The van der Waals surface area contributed by atoms with Gasteiger partial charge in [0, 0.05) is 7.05 Å². The van der Waals surface area contributed by atoms with Crippen molar-refractivity contribution in [2.24, 2.45) is 7.05 Å². The predicted molar refractivity (Wildman–Crippen MR) is 50.5 cm³/mol. The van der Waals surface area contributed by atoms with Crippen molar-refractivity contribution in [3.63, 3.8) is 0 Å². The summed E-state index contributed by atoms with van der Waals surface area (Å²) in [6, 6.07) is 0. The molecule has 0 aromatic carbocycles. The van der Waals surface area contributed by atoms with Gasteiger partial charge in [-0.05, 0) is 0 Å². The van der Waals surface area contributed by atoms with Gasteiger partial charge in [-0.3, -0.25) is 4.68 Å². The third-order valence-corrected chi connectivity index (χ3v) is 2.06. The van der Waals surface area contributed by atoms with Gasteiger partial charge in [-0.2, -0.15) is 18.3 Å². The van der Waals surface area contributed by atoms with E-state index in [4.69, 9.17) is 9.84 Å². The number of alkyl halides is 3. The maximum Gasteiger partial charge on any atom is 0.391 e. The Balaban J connectivity index is 2.52. The van der Waals surface area contributed by atoms with E-state index in [-0.39, 0.29) is 17.9 Å². The van der Waals surface area contributed by atoms with E-state index in [2.05, 4.69) is 5.10 Å². The largest absolute Gasteiger partial charge is 0.478 e. The van der Waals surface area contributed by atoms with Crippen molar-refractivity contribution in [3.8, 4) is 0 Å². The van der Waals surface area contributed by atoms with Crippen LogP contribution in [-0.2, 0) is 18.4 Å². The molecule has 96 valence electrons. The normalized spacial score (nSPS) is 11.8. The molecule has 0 spiro atoms. The monoisotopic (exact) mass is 252 g/mol. The molecular weight excluding hydrogens is 241 g/mol. The number of carbonyl (C=O) groups is 1. The van der Waals surface area contributed by atoms with Crippen LogP contribution in [-0.4, -0.2) is 33.6 Å². The Morgan fingerprint density at radius 3 is 2.76 bits per heavy atom. The summed E-state index contributed by atoms with van der Waals surface area (Å²) < 4.78 is 41.5. The fourth-order valence-electron chi connectivity index (χ4n) is 1.17. The van der Waals surface area contributed by atoms with Gasteiger partial charge < -0.3 is 9.84 Å². The highest BCUT2D eigenvalue weighted by molar-refractivity contribution is 5.88. The zero-order valence-corrected chi connectivity index (χ0v) is 8.99. The molecular formula is C9H11F3N2O3. The van der Waals surface area contributed by atoms with Crippen molar-refractivity contribution >= 4 is 5.97 Å². The van der Waals surface area contributed by atoms with Gasteiger partial charge in [0.25, 0.3) is 0 Å². The van der Waals surface area contributed by atoms with Gasteiger partial charge in [-0.15, -0.1) is 0 Å². The maximum atomic E-state index is 11.8. The molecule has 1 aromatic heterocycles. The lowest BCUT2D eigenvalue weighted by Crippen LogP contribution is -2.13. The van der Waals surface area contributed by atoms with Crippen LogP contribution < -0.4 is 0 Å². The summed E-state index contributed by atoms with van der Waals surface area (Å²) in [5.41, 5.74) is 0.166. The summed E-state index contributed by atoms with van der Waals surface area (Å²) in [4.78, 5) is 10.7. The van der Waals surface area contributed by atoms with E-state index in [0.717, 1.165) is 6.20 Å². The molecule has 0 radical (unpaired) electrons. The van der Waals surface area contributed by atoms with Crippen molar-refractivity contribution in [1.82, 2.24) is 9.78 Å². The van der Waals surface area contributed by atoms with Gasteiger partial charge in [-0.1, -0.05) is 0 Å². The van der Waals surface area contributed by atoms with E-state index in [1.807, 2.05) is 0 Å². The van der Waals surface area contributed by atoms with E-state index in [9.17, 15) is 18.0 Å². The van der Waals surface area contributed by atoms with Crippen molar-refractivity contribution < 1.29 is 27.8 Å². The zero-order valence-electron chi connectivity index (χ0n) is 8.99. The van der Waals surface area contributed by atoms with Crippen molar-refractivity contribution in [2.45, 2.75) is 19.2 Å². The van der Waals surface area contributed by atoms with E-state index in [0.29, 0.717) is 0 Å². The molecule has 5 nitrogen and oxygen atoms in total. The lowest BCUT2D eigenvalue weighted by molar-refractivity contribution is -0.146. The van der Waals surface area contributed by atoms with Gasteiger partial charge >= 0.3 is 12.1 Å². The molecule has 1 aromatic rings. The minimum atomic E-state index is -4.28. The molecule has 17 heavy (non-hydrogen) atoms. The first-order valence-corrected chi connectivity index (χ1v) is 4.70. The lowest BCUT2D eigenvalue weighted by atomic mass is 10.2. The van der Waals surface area contributed by atoms with E-state index >= 15 is 0 Å². The van der Waals surface area contributed by atoms with Gasteiger partial charge in [0.2, 0.25) is 0 Å². The molecule has 0 unspecified atom stereocenters. The van der Waals surface area contributed by atoms with E-state index in [1.54, 1.807) is 0 Å². The molecule has 0 aliphatic carbocycles. The molecule has 0 bridgehead atoms. The van der Waals surface area contributed by atoms with Crippen LogP contribution in [0.2, 0.25) is 0 Å². The van der Waals surface area contributed by atoms with Gasteiger partial charge in [0.15, 0.2) is 0 Å². The van der Waals surface area contributed by atoms with Crippen LogP contribution in [0.3, 0.4) is 0 Å². The summed E-state index contributed by atoms with van der Waals surface area (Å²) >= 11 is 0. The number of ether oxygens (including phenoxy) is 1. The van der Waals surface area contributed by atoms with Crippen molar-refractivity contribution in [3.05, 3.63) is 17.5 Å². The first-order valence-electron chi connectivity index (χ1n) is 4.70. The van der Waals surface area contributed by atoms with Gasteiger partial charge in [0.05, 0.1) is 31.5 Å². The average Bonchev–Trinajstić information content (AvgIpc) is 2.53. The Morgan fingerprint density at radius 2 is 2.24 bits per heavy atom. The SMILES string of the molecule is Cn1ncc(C(=O)O)c1COCCC(F)(F)F. The topological polar surface area (TPSA) is 64.4 Å². The summed E-state index contributed by atoms with van der Waals surface area (Å²) in [7, 11) is 1.49. The average molecular weight is 252 g/mol. The minimum absolute atomic E-state index is 0.0699. The molecule has 0 aliphatic heterocycles. The molecule has 0 fully saturated rings. The van der Waals surface area contributed by atoms with Gasteiger partial charge in [0.1, 0.15) is 5.56 Å². The third-order valence-electron chi connectivity index (χ3n) is 2.06. The summed E-state index contributed by atoms with van der Waals surface area (Å²) in [6.07, 6.45) is -4.21. The van der Waals surface area contributed by atoms with Crippen LogP contribution in [0.25, 0.3) is 0 Å². The minimum Gasteiger partial charge on any atom is -0.478 e. The standard InChI is InChI=1S/C9H11F3N2O3/c1-14-7(6(4-13-14)8(15)16)5-17-3-2-9(10,11)12/h4H,2-3,5H2,1H3,(H,15,16). The number of hydrogen-bond donors (Lipinski definition) is 1. The highest BCUT2D eigenvalue weighted by atomic mass is 19.4. The number of aromatic nitrogens is 2. The molecule has 1 rings (SSSR count). The molecule has 0 saturated heterocycles. The second-order valence-corrected chi connectivity index (χ2v) is 3.35. The number of aryl methyl sites for hydroxylation is 1. The quantitative estimate of drug-likeness (QED) is 0.808. The first kappa shape index (κ1) is 13.5. The first-order chi connectivity index (χ1) is 7.81. The Morgan fingerprint density at radius 1 is 1.59 bits per heavy atom. The molecule has 0 aliphatic rings. The summed E-state index contributed by atoms with van der Waals surface area (Å²) in [5.74, 6) is -1.19. The Kier molecular flexibility index (Phi) is 4.11. The van der Waals surface area contributed by atoms with Crippen LogP contribution in [0.15, 0.2) is 6.20 Å². The fraction of sp³-hybridized carbons (Fsp3) is 0.556. The fourth-order valence-corrected chi connectivity index (χ4v) is 1.17. The van der Waals surface area contributed by atoms with Crippen LogP contribution in [0, 0.1) is 0 Å². The van der Waals surface area contributed by atoms with E-state index < -0.39 is 25.2 Å². The second-order valence-electron chi connectivity index (χ2n) is 3.35. The molecule has 1 N–H and O–H groups in total. The molecule has 1 heterocycles. The maximum absolute atomic E-state index is 11.8. The number of carboxylic acid groups (broad SMARTS) is 1. The van der Waals surface area contributed by atoms with E-state index in [1.165, 1.54) is 11.7 Å². The zero-order chi connectivity index (χ0) is 13.1. The number of rotatable bonds is 5. The summed E-state index contributed by atoms with van der Waals surface area (Å²) in [6.45, 7) is -0.720. The summed E-state index contributed by atoms with van der Waals surface area (Å²) in [5, 5.41) is 12.5. The molecule has 0 saturated carbocycles. The van der Waals surface area contributed by atoms with Crippen molar-refractivity contribution in [1.29, 1.82) is 0 Å².